The van der Waals surface area contributed by atoms with E-state index in [2.05, 4.69) is 0 Å². The molecule has 4 N–H and O–H groups in total. The lowest BCUT2D eigenvalue weighted by Crippen LogP contribution is -2.00. The molecular weight excluding hydrogens is 142 g/mol. The Morgan fingerprint density at radius 1 is 1.56 bits per heavy atom. The molecular formula is C4H11NO3S. The van der Waals surface area contributed by atoms with E-state index >= 15 is 0 Å². The molecule has 0 unspecified atom stereocenters. The van der Waals surface area contributed by atoms with Crippen molar-refractivity contribution in [3.05, 3.63) is 12.2 Å². The predicted molar refractivity (Wildman–Crippen MR) is 35.4 cm³/mol. The van der Waals surface area contributed by atoms with Gasteiger partial charge in [-0.25, -0.2) is 8.42 Å². The van der Waals surface area contributed by atoms with Crippen LogP contribution in [-0.2, 0) is 10.1 Å². The third-order valence-corrected chi connectivity index (χ3v) is 1.14. The summed E-state index contributed by atoms with van der Waals surface area (Å²) >= 11 is 0. The molecule has 0 aromatic heterocycles. The Balaban J connectivity index is 0. The number of quaternary nitrogens is 1. The molecule has 0 spiro atoms. The minimum Gasteiger partial charge on any atom is -0.748 e. The van der Waals surface area contributed by atoms with Crippen molar-refractivity contribution in [2.24, 2.45) is 0 Å². The standard InChI is InChI=1S/C4H8O3S.H3N/c1-2-3-4-8(5,6)7;/h2-3H,4H2,1H3,(H,5,6,7);1H3. The summed E-state index contributed by atoms with van der Waals surface area (Å²) in [5.74, 6) is -0.399. The molecule has 0 radical (unpaired) electrons. The van der Waals surface area contributed by atoms with Gasteiger partial charge in [0.2, 0.25) is 0 Å². The van der Waals surface area contributed by atoms with E-state index in [1.807, 2.05) is 0 Å². The van der Waals surface area contributed by atoms with Gasteiger partial charge in [0.25, 0.3) is 0 Å². The van der Waals surface area contributed by atoms with Crippen LogP contribution in [0.1, 0.15) is 6.92 Å². The van der Waals surface area contributed by atoms with Gasteiger partial charge in [0.1, 0.15) is 0 Å². The monoisotopic (exact) mass is 153 g/mol. The van der Waals surface area contributed by atoms with Crippen LogP contribution in [0.2, 0.25) is 0 Å². The summed E-state index contributed by atoms with van der Waals surface area (Å²) in [4.78, 5) is 0. The van der Waals surface area contributed by atoms with Crippen molar-refractivity contribution in [3.63, 3.8) is 0 Å². The van der Waals surface area contributed by atoms with Gasteiger partial charge in [0, 0.05) is 0 Å². The van der Waals surface area contributed by atoms with Crippen molar-refractivity contribution >= 4 is 10.1 Å². The molecule has 56 valence electrons. The first kappa shape index (κ1) is 11.4. The van der Waals surface area contributed by atoms with Crippen LogP contribution in [-0.4, -0.2) is 18.7 Å². The molecule has 0 aliphatic heterocycles. The zero-order valence-corrected chi connectivity index (χ0v) is 6.31. The van der Waals surface area contributed by atoms with Crippen LogP contribution >= 0.6 is 0 Å². The molecule has 4 nitrogen and oxygen atoms in total. The zero-order valence-electron chi connectivity index (χ0n) is 5.49. The lowest BCUT2D eigenvalue weighted by molar-refractivity contribution is 0.466. The SMILES string of the molecule is CC=CCS(=O)(=O)[O-].[NH4+]. The van der Waals surface area contributed by atoms with E-state index in [9.17, 15) is 13.0 Å². The summed E-state index contributed by atoms with van der Waals surface area (Å²) in [7, 11) is -4.02. The number of hydrogen-bond donors (Lipinski definition) is 1. The minimum absolute atomic E-state index is 0. The predicted octanol–water partition coefficient (Wildman–Crippen LogP) is 0.484. The van der Waals surface area contributed by atoms with Crippen molar-refractivity contribution in [3.8, 4) is 0 Å². The fourth-order valence-corrected chi connectivity index (χ4v) is 0.642. The van der Waals surface area contributed by atoms with Crippen LogP contribution in [0.5, 0.6) is 0 Å². The average Bonchev–Trinajstić information content (AvgIpc) is 1.59. The molecule has 0 amide bonds. The number of hydrogen-bond acceptors (Lipinski definition) is 3. The lowest BCUT2D eigenvalue weighted by atomic mass is 10.6. The van der Waals surface area contributed by atoms with Crippen LogP contribution in [0.25, 0.3) is 0 Å². The van der Waals surface area contributed by atoms with E-state index in [4.69, 9.17) is 0 Å². The van der Waals surface area contributed by atoms with E-state index in [0.717, 1.165) is 0 Å². The normalized spacial score (nSPS) is 11.3. The molecule has 0 saturated carbocycles. The first-order valence-electron chi connectivity index (χ1n) is 2.11. The molecule has 0 aromatic rings. The lowest BCUT2D eigenvalue weighted by Gasteiger charge is -1.99. The highest BCUT2D eigenvalue weighted by Crippen LogP contribution is 1.81. The molecule has 0 aliphatic rings. The van der Waals surface area contributed by atoms with Gasteiger partial charge in [-0.15, -0.1) is 0 Å². The van der Waals surface area contributed by atoms with Crippen molar-refractivity contribution in [1.82, 2.24) is 6.15 Å². The van der Waals surface area contributed by atoms with E-state index in [0.29, 0.717) is 0 Å². The van der Waals surface area contributed by atoms with Crippen LogP contribution < -0.4 is 6.15 Å². The Hall–Kier alpha value is -0.390. The van der Waals surface area contributed by atoms with Crippen molar-refractivity contribution in [2.75, 3.05) is 5.75 Å². The number of allylic oxidation sites excluding steroid dienone is 1. The van der Waals surface area contributed by atoms with Crippen LogP contribution in [0.3, 0.4) is 0 Å². The Bertz CT molecular complexity index is 170. The van der Waals surface area contributed by atoms with Crippen molar-refractivity contribution < 1.29 is 13.0 Å². The minimum atomic E-state index is -4.02. The third kappa shape index (κ3) is 11.3. The molecule has 0 aliphatic carbocycles. The van der Waals surface area contributed by atoms with Gasteiger partial charge >= 0.3 is 0 Å². The first-order valence-corrected chi connectivity index (χ1v) is 3.68. The van der Waals surface area contributed by atoms with Gasteiger partial charge in [-0.1, -0.05) is 12.2 Å². The summed E-state index contributed by atoms with van der Waals surface area (Å²) in [5, 5.41) is 0. The molecule has 5 heteroatoms. The molecule has 0 bridgehead atoms. The summed E-state index contributed by atoms with van der Waals surface area (Å²) in [5.41, 5.74) is 0. The molecule has 0 heterocycles. The Kier molecular flexibility index (Phi) is 5.69. The topological polar surface area (TPSA) is 93.7 Å². The molecule has 0 aromatic carbocycles. The fourth-order valence-electron chi connectivity index (χ4n) is 0.214. The summed E-state index contributed by atoms with van der Waals surface area (Å²) in [6.07, 6.45) is 2.83. The molecule has 9 heavy (non-hydrogen) atoms. The van der Waals surface area contributed by atoms with Crippen LogP contribution in [0, 0.1) is 0 Å². The van der Waals surface area contributed by atoms with Gasteiger partial charge < -0.3 is 10.7 Å². The molecule has 0 atom stereocenters. The van der Waals surface area contributed by atoms with Crippen LogP contribution in [0.15, 0.2) is 12.2 Å². The first-order chi connectivity index (χ1) is 3.56. The van der Waals surface area contributed by atoms with Crippen LogP contribution in [0.4, 0.5) is 0 Å². The van der Waals surface area contributed by atoms with E-state index in [1.165, 1.54) is 12.2 Å². The van der Waals surface area contributed by atoms with Crippen molar-refractivity contribution in [1.29, 1.82) is 0 Å². The summed E-state index contributed by atoms with van der Waals surface area (Å²) in [6, 6.07) is 0. The van der Waals surface area contributed by atoms with E-state index in [1.54, 1.807) is 6.92 Å². The maximum absolute atomic E-state index is 9.78. The summed E-state index contributed by atoms with van der Waals surface area (Å²) in [6.45, 7) is 1.66. The largest absolute Gasteiger partial charge is 0.748 e. The zero-order chi connectivity index (χ0) is 6.62. The van der Waals surface area contributed by atoms with Gasteiger partial charge in [0.15, 0.2) is 0 Å². The smallest absolute Gasteiger partial charge is 0.0982 e. The highest BCUT2D eigenvalue weighted by Gasteiger charge is 1.84. The Morgan fingerprint density at radius 3 is 2.11 bits per heavy atom. The third-order valence-electron chi connectivity index (χ3n) is 0.536. The van der Waals surface area contributed by atoms with E-state index in [-0.39, 0.29) is 6.15 Å². The molecule has 0 fully saturated rings. The van der Waals surface area contributed by atoms with Gasteiger partial charge in [0.05, 0.1) is 15.9 Å². The Labute approximate surface area is 54.9 Å². The average molecular weight is 153 g/mol. The maximum atomic E-state index is 9.78. The van der Waals surface area contributed by atoms with Crippen molar-refractivity contribution in [2.45, 2.75) is 6.92 Å². The quantitative estimate of drug-likeness (QED) is 0.462. The van der Waals surface area contributed by atoms with Gasteiger partial charge in [-0.3, -0.25) is 0 Å². The Morgan fingerprint density at radius 2 is 2.00 bits per heavy atom. The second-order valence-corrected chi connectivity index (χ2v) is 2.74. The molecule has 0 rings (SSSR count). The highest BCUT2D eigenvalue weighted by atomic mass is 32.2. The van der Waals surface area contributed by atoms with E-state index < -0.39 is 15.9 Å². The number of rotatable bonds is 2. The van der Waals surface area contributed by atoms with Gasteiger partial charge in [-0.2, -0.15) is 0 Å². The molecule has 0 saturated heterocycles. The maximum Gasteiger partial charge on any atom is 0.0982 e. The second kappa shape index (κ2) is 4.49. The highest BCUT2D eigenvalue weighted by molar-refractivity contribution is 7.85. The second-order valence-electron chi connectivity index (χ2n) is 1.29. The fraction of sp³-hybridized carbons (Fsp3) is 0.500. The van der Waals surface area contributed by atoms with Gasteiger partial charge in [-0.05, 0) is 6.92 Å². The summed E-state index contributed by atoms with van der Waals surface area (Å²) < 4.78 is 29.4.